The molecule has 2 heterocycles. The van der Waals surface area contributed by atoms with E-state index in [1.165, 1.54) is 29.3 Å². The van der Waals surface area contributed by atoms with Crippen molar-refractivity contribution in [3.63, 3.8) is 0 Å². The summed E-state index contributed by atoms with van der Waals surface area (Å²) in [4.78, 5) is 29.5. The average Bonchev–Trinajstić information content (AvgIpc) is 3.20. The number of thiophene rings is 1. The number of hydrogen-bond acceptors (Lipinski definition) is 6. The van der Waals surface area contributed by atoms with Crippen molar-refractivity contribution < 1.29 is 14.3 Å². The maximum Gasteiger partial charge on any atom is 0.337 e. The Hall–Kier alpha value is -3.45. The molecule has 0 bridgehead atoms. The lowest BCUT2D eigenvalue weighted by Gasteiger charge is -2.12. The summed E-state index contributed by atoms with van der Waals surface area (Å²) in [5.41, 5.74) is 3.62. The van der Waals surface area contributed by atoms with E-state index in [2.05, 4.69) is 4.98 Å². The van der Waals surface area contributed by atoms with Gasteiger partial charge in [-0.3, -0.25) is 9.36 Å². The van der Waals surface area contributed by atoms with Crippen LogP contribution in [0.15, 0.2) is 65.0 Å². The quantitative estimate of drug-likeness (QED) is 0.469. The van der Waals surface area contributed by atoms with Crippen LogP contribution in [0.1, 0.15) is 15.9 Å². The average molecular weight is 406 g/mol. The maximum absolute atomic E-state index is 13.1. The lowest BCUT2D eigenvalue weighted by molar-refractivity contribution is 0.0600. The molecule has 4 aromatic rings. The molecule has 0 saturated heterocycles. The number of methoxy groups -OCH3 is 2. The molecule has 2 aromatic carbocycles. The smallest absolute Gasteiger partial charge is 0.337 e. The van der Waals surface area contributed by atoms with Gasteiger partial charge in [0.15, 0.2) is 0 Å². The van der Waals surface area contributed by atoms with Gasteiger partial charge in [-0.1, -0.05) is 30.3 Å². The number of esters is 1. The van der Waals surface area contributed by atoms with Crippen molar-refractivity contribution in [2.75, 3.05) is 14.2 Å². The molecular weight excluding hydrogens is 388 g/mol. The third-order valence-corrected chi connectivity index (χ3v) is 5.63. The van der Waals surface area contributed by atoms with Crippen LogP contribution in [0.2, 0.25) is 0 Å². The Kier molecular flexibility index (Phi) is 5.14. The summed E-state index contributed by atoms with van der Waals surface area (Å²) in [6.45, 7) is 0.231. The van der Waals surface area contributed by atoms with Gasteiger partial charge in [-0.25, -0.2) is 9.78 Å². The van der Waals surface area contributed by atoms with Crippen LogP contribution in [0.3, 0.4) is 0 Å². The predicted molar refractivity (Wildman–Crippen MR) is 113 cm³/mol. The summed E-state index contributed by atoms with van der Waals surface area (Å²) in [6.07, 6.45) is 1.54. The minimum absolute atomic E-state index is 0.132. The summed E-state index contributed by atoms with van der Waals surface area (Å²) < 4.78 is 12.3. The largest absolute Gasteiger partial charge is 0.496 e. The minimum atomic E-state index is -0.444. The van der Waals surface area contributed by atoms with Crippen LogP contribution < -0.4 is 10.3 Å². The van der Waals surface area contributed by atoms with Crippen LogP contribution in [0, 0.1) is 0 Å². The molecule has 146 valence electrons. The number of fused-ring (bicyclic) bond motifs is 1. The first-order valence-electron chi connectivity index (χ1n) is 8.89. The second kappa shape index (κ2) is 7.89. The molecule has 0 aliphatic rings. The van der Waals surface area contributed by atoms with Gasteiger partial charge in [-0.15, -0.1) is 11.3 Å². The van der Waals surface area contributed by atoms with Gasteiger partial charge in [0, 0.05) is 16.5 Å². The van der Waals surface area contributed by atoms with Crippen molar-refractivity contribution in [2.45, 2.75) is 6.54 Å². The Morgan fingerprint density at radius 3 is 2.66 bits per heavy atom. The first kappa shape index (κ1) is 18.9. The summed E-state index contributed by atoms with van der Waals surface area (Å²) in [6, 6.07) is 14.9. The molecule has 4 rings (SSSR count). The molecule has 0 saturated carbocycles. The first-order chi connectivity index (χ1) is 14.1. The van der Waals surface area contributed by atoms with E-state index in [1.54, 1.807) is 25.3 Å². The number of hydrogen-bond donors (Lipinski definition) is 0. The zero-order chi connectivity index (χ0) is 20.4. The summed E-state index contributed by atoms with van der Waals surface area (Å²) in [5.74, 6) is 0.140. The van der Waals surface area contributed by atoms with E-state index in [0.29, 0.717) is 27.1 Å². The Morgan fingerprint density at radius 2 is 1.93 bits per heavy atom. The third kappa shape index (κ3) is 3.52. The van der Waals surface area contributed by atoms with E-state index in [4.69, 9.17) is 9.47 Å². The SMILES string of the molecule is COC(=O)c1ccc(OC)c(Cn2cnc3c(-c4ccccc4)csc3c2=O)c1. The molecule has 0 aliphatic heterocycles. The van der Waals surface area contributed by atoms with Crippen LogP contribution in [-0.2, 0) is 11.3 Å². The van der Waals surface area contributed by atoms with Crippen molar-refractivity contribution in [1.29, 1.82) is 0 Å². The van der Waals surface area contributed by atoms with Gasteiger partial charge in [-0.05, 0) is 23.8 Å². The Bertz CT molecular complexity index is 1240. The van der Waals surface area contributed by atoms with Gasteiger partial charge < -0.3 is 9.47 Å². The number of benzene rings is 2. The molecule has 0 unspecified atom stereocenters. The lowest BCUT2D eigenvalue weighted by Crippen LogP contribution is -2.21. The second-order valence-electron chi connectivity index (χ2n) is 6.39. The molecule has 0 radical (unpaired) electrons. The molecule has 0 spiro atoms. The Labute approximate surface area is 171 Å². The molecule has 0 fully saturated rings. The third-order valence-electron chi connectivity index (χ3n) is 4.67. The van der Waals surface area contributed by atoms with Crippen molar-refractivity contribution in [3.05, 3.63) is 81.7 Å². The maximum atomic E-state index is 13.1. The predicted octanol–water partition coefficient (Wildman–Crippen LogP) is 3.97. The zero-order valence-electron chi connectivity index (χ0n) is 15.9. The van der Waals surface area contributed by atoms with E-state index in [-0.39, 0.29) is 12.1 Å². The highest BCUT2D eigenvalue weighted by atomic mass is 32.1. The fourth-order valence-electron chi connectivity index (χ4n) is 3.21. The molecule has 0 atom stereocenters. The molecule has 7 heteroatoms. The van der Waals surface area contributed by atoms with Crippen LogP contribution in [-0.4, -0.2) is 29.7 Å². The molecule has 0 N–H and O–H groups in total. The van der Waals surface area contributed by atoms with Crippen LogP contribution >= 0.6 is 11.3 Å². The number of carbonyl (C=O) groups excluding carboxylic acids is 1. The Balaban J connectivity index is 1.76. The molecular formula is C22H18N2O4S. The Morgan fingerprint density at radius 1 is 1.14 bits per heavy atom. The molecule has 29 heavy (non-hydrogen) atoms. The van der Waals surface area contributed by atoms with Gasteiger partial charge >= 0.3 is 5.97 Å². The van der Waals surface area contributed by atoms with E-state index < -0.39 is 5.97 Å². The number of rotatable bonds is 5. The molecule has 6 nitrogen and oxygen atoms in total. The monoisotopic (exact) mass is 406 g/mol. The number of carbonyl (C=O) groups is 1. The molecule has 2 aromatic heterocycles. The van der Waals surface area contributed by atoms with Crippen LogP contribution in [0.5, 0.6) is 5.75 Å². The fourth-order valence-corrected chi connectivity index (χ4v) is 4.18. The topological polar surface area (TPSA) is 70.4 Å². The van der Waals surface area contributed by atoms with E-state index in [1.807, 2.05) is 35.7 Å². The fraction of sp³-hybridized carbons (Fsp3) is 0.136. The molecule has 0 aliphatic carbocycles. The number of aromatic nitrogens is 2. The zero-order valence-corrected chi connectivity index (χ0v) is 16.7. The van der Waals surface area contributed by atoms with Crippen LogP contribution in [0.4, 0.5) is 0 Å². The molecule has 0 amide bonds. The first-order valence-corrected chi connectivity index (χ1v) is 9.77. The van der Waals surface area contributed by atoms with E-state index in [9.17, 15) is 9.59 Å². The van der Waals surface area contributed by atoms with Gasteiger partial charge in [0.2, 0.25) is 0 Å². The van der Waals surface area contributed by atoms with Gasteiger partial charge in [0.05, 0.1) is 38.2 Å². The lowest BCUT2D eigenvalue weighted by atomic mass is 10.1. The van der Waals surface area contributed by atoms with Gasteiger partial charge in [0.1, 0.15) is 10.4 Å². The van der Waals surface area contributed by atoms with Crippen molar-refractivity contribution in [2.24, 2.45) is 0 Å². The van der Waals surface area contributed by atoms with Crippen LogP contribution in [0.25, 0.3) is 21.3 Å². The highest BCUT2D eigenvalue weighted by Crippen LogP contribution is 2.30. The van der Waals surface area contributed by atoms with Gasteiger partial charge in [0.25, 0.3) is 5.56 Å². The number of ether oxygens (including phenoxy) is 2. The highest BCUT2D eigenvalue weighted by molar-refractivity contribution is 7.17. The van der Waals surface area contributed by atoms with Crippen molar-refractivity contribution in [3.8, 4) is 16.9 Å². The normalized spacial score (nSPS) is 10.8. The summed E-state index contributed by atoms with van der Waals surface area (Å²) in [7, 11) is 2.88. The standard InChI is InChI=1S/C22H18N2O4S/c1-27-18-9-8-15(22(26)28-2)10-16(18)11-24-13-23-19-17(12-29-20(19)21(24)25)14-6-4-3-5-7-14/h3-10,12-13H,11H2,1-2H3. The van der Waals surface area contributed by atoms with E-state index in [0.717, 1.165) is 11.1 Å². The van der Waals surface area contributed by atoms with Crippen molar-refractivity contribution in [1.82, 2.24) is 9.55 Å². The van der Waals surface area contributed by atoms with Gasteiger partial charge in [-0.2, -0.15) is 0 Å². The summed E-state index contributed by atoms with van der Waals surface area (Å²) >= 11 is 1.38. The summed E-state index contributed by atoms with van der Waals surface area (Å²) in [5, 5.41) is 1.96. The highest BCUT2D eigenvalue weighted by Gasteiger charge is 2.15. The van der Waals surface area contributed by atoms with Crippen molar-refractivity contribution >= 4 is 27.5 Å². The van der Waals surface area contributed by atoms with E-state index >= 15 is 0 Å². The minimum Gasteiger partial charge on any atom is -0.496 e. The second-order valence-corrected chi connectivity index (χ2v) is 7.27. The number of nitrogens with zero attached hydrogens (tertiary/aromatic N) is 2.